The molecule has 2 amide bonds. The zero-order valence-corrected chi connectivity index (χ0v) is 49.0. The van der Waals surface area contributed by atoms with Crippen LogP contribution in [-0.4, -0.2) is 85.9 Å². The number of benzene rings is 6. The number of carbonyl (C=O) groups excluding carboxylic acids is 2. The molecule has 4 atom stereocenters. The van der Waals surface area contributed by atoms with E-state index in [0.717, 1.165) is 73.7 Å². The normalized spacial score (nSPS) is 17.0. The average Bonchev–Trinajstić information content (AvgIpc) is 1.05. The number of halogens is 7. The van der Waals surface area contributed by atoms with Gasteiger partial charge in [0.05, 0.1) is 22.0 Å². The molecule has 12 rings (SSSR count). The molecule has 2 N–H and O–H groups in total. The number of fused-ring (bicyclic) bond motifs is 6. The Morgan fingerprint density at radius 1 is 0.535 bits per heavy atom. The largest absolute Gasteiger partial charge is 0.494 e. The van der Waals surface area contributed by atoms with Gasteiger partial charge in [0.2, 0.25) is 10.9 Å². The molecular formula is C62H52BBrF6N6O8S2. The topological polar surface area (TPSA) is 150 Å². The summed E-state index contributed by atoms with van der Waals surface area (Å²) >= 11 is 6.56. The summed E-state index contributed by atoms with van der Waals surface area (Å²) in [6.07, 6.45) is -6.91. The van der Waals surface area contributed by atoms with Crippen LogP contribution >= 0.6 is 39.5 Å². The molecule has 0 bridgehead atoms. The number of aromatic nitrogens is 2. The van der Waals surface area contributed by atoms with Crippen LogP contribution in [0.4, 0.5) is 26.3 Å². The monoisotopic (exact) mass is 1280 g/mol. The number of amides is 2. The molecule has 4 aliphatic heterocycles. The zero-order valence-electron chi connectivity index (χ0n) is 45.8. The molecule has 86 heavy (non-hydrogen) atoms. The highest BCUT2D eigenvalue weighted by Crippen LogP contribution is 2.46. The third-order valence-corrected chi connectivity index (χ3v) is 18.3. The first kappa shape index (κ1) is 59.8. The van der Waals surface area contributed by atoms with Crippen molar-refractivity contribution in [2.75, 3.05) is 23.4 Å². The van der Waals surface area contributed by atoms with Crippen molar-refractivity contribution in [2.24, 2.45) is 0 Å². The fourth-order valence-corrected chi connectivity index (χ4v) is 13.5. The minimum atomic E-state index is -4.77. The van der Waals surface area contributed by atoms with Crippen molar-refractivity contribution in [3.63, 3.8) is 0 Å². The number of hydrogen-bond donors (Lipinski definition) is 2. The Morgan fingerprint density at radius 3 is 1.33 bits per heavy atom. The lowest BCUT2D eigenvalue weighted by Gasteiger charge is -2.46. The number of pyridine rings is 2. The van der Waals surface area contributed by atoms with E-state index in [2.05, 4.69) is 15.9 Å². The summed E-state index contributed by atoms with van der Waals surface area (Å²) in [5.74, 6) is -1.62. The maximum absolute atomic E-state index is 14.2. The summed E-state index contributed by atoms with van der Waals surface area (Å²) in [4.78, 5) is 58.2. The van der Waals surface area contributed by atoms with Crippen molar-refractivity contribution in [3.05, 3.63) is 251 Å². The van der Waals surface area contributed by atoms with Gasteiger partial charge in [-0.05, 0) is 86.4 Å². The summed E-state index contributed by atoms with van der Waals surface area (Å²) in [6.45, 7) is 0.711. The Labute approximate surface area is 506 Å². The van der Waals surface area contributed by atoms with Gasteiger partial charge in [-0.2, -0.15) is 26.3 Å². The number of alkyl halides is 6. The molecule has 0 saturated carbocycles. The summed E-state index contributed by atoms with van der Waals surface area (Å²) in [5.41, 5.74) is 3.87. The first-order valence-electron chi connectivity index (χ1n) is 27.0. The number of carbonyl (C=O) groups is 2. The van der Waals surface area contributed by atoms with Gasteiger partial charge in [0, 0.05) is 33.7 Å². The first-order chi connectivity index (χ1) is 41.2. The van der Waals surface area contributed by atoms with Crippen molar-refractivity contribution in [3.8, 4) is 11.5 Å². The third kappa shape index (κ3) is 11.6. The summed E-state index contributed by atoms with van der Waals surface area (Å²) in [5, 5.41) is 23.7. The van der Waals surface area contributed by atoms with Crippen LogP contribution in [0.1, 0.15) is 91.4 Å². The van der Waals surface area contributed by atoms with E-state index in [4.69, 9.17) is 9.47 Å². The van der Waals surface area contributed by atoms with Crippen molar-refractivity contribution < 1.29 is 55.5 Å². The fraction of sp³-hybridized carbons (Fsp3) is 0.226. The van der Waals surface area contributed by atoms with Gasteiger partial charge in [0.1, 0.15) is 38.6 Å². The molecule has 442 valence electrons. The van der Waals surface area contributed by atoms with Crippen LogP contribution in [0.5, 0.6) is 11.5 Å². The molecule has 4 aliphatic rings. The van der Waals surface area contributed by atoms with Gasteiger partial charge in [-0.1, -0.05) is 146 Å². The molecular weight excluding hydrogens is 1230 g/mol. The average molecular weight is 1280 g/mol. The smallest absolute Gasteiger partial charge is 0.483 e. The molecule has 0 unspecified atom stereocenters. The number of thioether (sulfide) groups is 2. The van der Waals surface area contributed by atoms with E-state index in [9.17, 15) is 55.6 Å². The minimum Gasteiger partial charge on any atom is -0.483 e. The number of ether oxygens (including phenoxy) is 2. The van der Waals surface area contributed by atoms with Gasteiger partial charge < -0.3 is 29.3 Å². The Morgan fingerprint density at radius 2 is 0.907 bits per heavy atom. The van der Waals surface area contributed by atoms with Crippen LogP contribution in [0.3, 0.4) is 0 Å². The van der Waals surface area contributed by atoms with Crippen molar-refractivity contribution in [1.29, 1.82) is 0 Å². The van der Waals surface area contributed by atoms with Gasteiger partial charge in [-0.3, -0.25) is 38.5 Å². The van der Waals surface area contributed by atoms with Crippen molar-refractivity contribution in [2.45, 2.75) is 84.9 Å². The summed E-state index contributed by atoms with van der Waals surface area (Å²) in [7, 11) is -2.24. The molecule has 8 aromatic rings. The van der Waals surface area contributed by atoms with Gasteiger partial charge in [-0.15, -0.1) is 23.5 Å². The summed E-state index contributed by atoms with van der Waals surface area (Å²) < 4.78 is 100.0. The van der Waals surface area contributed by atoms with Gasteiger partial charge in [-0.25, -0.2) is 0 Å². The van der Waals surface area contributed by atoms with E-state index >= 15 is 0 Å². The van der Waals surface area contributed by atoms with Crippen LogP contribution in [0.15, 0.2) is 194 Å². The SMILES string of the molecule is C[C@@H](N1CN([C@H]2c3ccccc3CSc3ccccc32)n2cc(B(O)O)c(=O)c(OCc3ccccc3)c2C1=O)C(F)(F)F.C[C@@H](N1CN([C@H]2c3ccccc3CSc3ccccc32)n2cc(Br)c(=O)c(OCc3ccccc3)c2C1=O)C(F)(F)F. The van der Waals surface area contributed by atoms with Gasteiger partial charge in [0.25, 0.3) is 11.8 Å². The fourth-order valence-electron chi connectivity index (χ4n) is 10.9. The summed E-state index contributed by atoms with van der Waals surface area (Å²) in [6, 6.07) is 42.7. The molecule has 0 fully saturated rings. The van der Waals surface area contributed by atoms with Crippen LogP contribution in [0, 0.1) is 0 Å². The van der Waals surface area contributed by atoms with E-state index in [1.54, 1.807) is 88.1 Å². The van der Waals surface area contributed by atoms with E-state index in [-0.39, 0.29) is 35.8 Å². The first-order valence-corrected chi connectivity index (χ1v) is 29.8. The standard InChI is InChI=1S/C31H27BF3N3O5S.C31H25BrF3N3O3S/c1-19(31(33,34)35)36-18-38(26-22-12-6-5-11-21(22)17-44-25-14-8-7-13-23(25)26)37-15-24(32(41)42)28(39)29(27(37)30(36)40)43-16-20-9-3-2-4-10-20;1-19(31(33,34)35)36-18-38(26-22-12-6-5-11-21(22)17-42-25-14-8-7-13-23(25)26)37-15-24(32)28(39)29(27(37)30(36)40)41-16-20-9-3-2-4-10-20/h2-15,19,26,41-42H,16-18H2,1H3;2-15,19,26H,16-18H2,1H3/t2*19-,26+/m11/s1. The van der Waals surface area contributed by atoms with Gasteiger partial charge >= 0.3 is 19.5 Å². The second-order valence-electron chi connectivity index (χ2n) is 20.7. The van der Waals surface area contributed by atoms with Crippen LogP contribution in [0.2, 0.25) is 0 Å². The van der Waals surface area contributed by atoms with E-state index in [0.29, 0.717) is 22.0 Å². The third-order valence-electron chi connectivity index (χ3n) is 15.5. The minimum absolute atomic E-state index is 0.0482. The Hall–Kier alpha value is -7.90. The molecule has 2 aromatic heterocycles. The van der Waals surface area contributed by atoms with Crippen LogP contribution in [0.25, 0.3) is 0 Å². The quantitative estimate of drug-likeness (QED) is 0.0937. The highest BCUT2D eigenvalue weighted by atomic mass is 79.9. The predicted octanol–water partition coefficient (Wildman–Crippen LogP) is 10.7. The Bertz CT molecular complexity index is 3900. The molecule has 0 radical (unpaired) electrons. The molecule has 0 saturated heterocycles. The molecule has 24 heteroatoms. The van der Waals surface area contributed by atoms with E-state index < -0.39 is 89.9 Å². The molecule has 6 heterocycles. The lowest BCUT2D eigenvalue weighted by molar-refractivity contribution is -0.173. The van der Waals surface area contributed by atoms with Crippen LogP contribution in [-0.2, 0) is 24.7 Å². The number of rotatable bonds is 11. The van der Waals surface area contributed by atoms with Crippen molar-refractivity contribution in [1.82, 2.24) is 19.2 Å². The molecule has 0 spiro atoms. The zero-order chi connectivity index (χ0) is 60.8. The lowest BCUT2D eigenvalue weighted by atomic mass is 9.81. The number of hydrogen-bond acceptors (Lipinski definition) is 12. The number of nitrogens with zero attached hydrogens (tertiary/aromatic N) is 6. The van der Waals surface area contributed by atoms with Gasteiger partial charge in [0.15, 0.2) is 22.9 Å². The van der Waals surface area contributed by atoms with Crippen molar-refractivity contribution >= 4 is 63.8 Å². The Balaban J connectivity index is 0.000000179. The second kappa shape index (κ2) is 24.5. The molecule has 6 aromatic carbocycles. The van der Waals surface area contributed by atoms with E-state index in [1.165, 1.54) is 15.5 Å². The maximum atomic E-state index is 14.2. The maximum Gasteiger partial charge on any atom is 0.494 e. The Kier molecular flexibility index (Phi) is 17.0. The predicted molar refractivity (Wildman–Crippen MR) is 319 cm³/mol. The highest BCUT2D eigenvalue weighted by Gasteiger charge is 2.50. The molecule has 0 aliphatic carbocycles. The highest BCUT2D eigenvalue weighted by molar-refractivity contribution is 9.10. The molecule has 14 nitrogen and oxygen atoms in total. The second-order valence-corrected chi connectivity index (χ2v) is 23.6. The van der Waals surface area contributed by atoms with Crippen LogP contribution < -0.4 is 35.8 Å². The van der Waals surface area contributed by atoms with E-state index in [1.807, 2.05) is 103 Å². The lowest BCUT2D eigenvalue weighted by Crippen LogP contribution is -2.61.